The monoisotopic (exact) mass is 511 g/mol. The van der Waals surface area contributed by atoms with Crippen LogP contribution in [0.5, 0.6) is 11.5 Å². The number of nitrogens with zero attached hydrogens (tertiary/aromatic N) is 2. The standard InChI is InChI=1S/C27H33N3O5S/c1-17(2)34-25-14-22(35-36(32,33)23-9-7-18(3)8-10-23)12-19(4)26(25)20-13-24(29-16-20)27(31)30-11-5-6-21(30)15-28/h7-10,12,14,17,20-21,24,29H,5-6,11,13,16H2,1-4H3/t20-,21-,24-/m0/s1. The van der Waals surface area contributed by atoms with Crippen molar-refractivity contribution in [2.24, 2.45) is 0 Å². The molecule has 36 heavy (non-hydrogen) atoms. The van der Waals surface area contributed by atoms with Crippen molar-refractivity contribution in [3.05, 3.63) is 53.1 Å². The Kier molecular flexibility index (Phi) is 7.57. The highest BCUT2D eigenvalue weighted by molar-refractivity contribution is 7.87. The van der Waals surface area contributed by atoms with Crippen LogP contribution in [-0.4, -0.2) is 50.5 Å². The molecule has 1 N–H and O–H groups in total. The van der Waals surface area contributed by atoms with Gasteiger partial charge in [0.25, 0.3) is 0 Å². The van der Waals surface area contributed by atoms with Crippen LogP contribution in [0.4, 0.5) is 0 Å². The van der Waals surface area contributed by atoms with E-state index in [1.165, 1.54) is 12.1 Å². The van der Waals surface area contributed by atoms with E-state index < -0.39 is 10.1 Å². The van der Waals surface area contributed by atoms with E-state index in [0.29, 0.717) is 25.3 Å². The Morgan fingerprint density at radius 2 is 1.92 bits per heavy atom. The summed E-state index contributed by atoms with van der Waals surface area (Å²) in [6.07, 6.45) is 2.00. The van der Waals surface area contributed by atoms with Crippen molar-refractivity contribution in [3.63, 3.8) is 0 Å². The summed E-state index contributed by atoms with van der Waals surface area (Å²) in [6.45, 7) is 8.79. The number of carbonyl (C=O) groups is 1. The van der Waals surface area contributed by atoms with Crippen LogP contribution in [0.3, 0.4) is 0 Å². The number of hydrogen-bond acceptors (Lipinski definition) is 7. The largest absolute Gasteiger partial charge is 0.491 e. The third-order valence-electron chi connectivity index (χ3n) is 6.72. The molecule has 0 aliphatic carbocycles. The molecule has 2 aromatic carbocycles. The molecule has 2 aliphatic heterocycles. The van der Waals surface area contributed by atoms with Crippen LogP contribution in [0.2, 0.25) is 0 Å². The second-order valence-electron chi connectivity index (χ2n) is 9.88. The molecule has 1 amide bonds. The third kappa shape index (κ3) is 5.50. The number of benzene rings is 2. The van der Waals surface area contributed by atoms with Crippen LogP contribution >= 0.6 is 0 Å². The number of carbonyl (C=O) groups excluding carboxylic acids is 1. The molecule has 0 aromatic heterocycles. The molecule has 0 unspecified atom stereocenters. The van der Waals surface area contributed by atoms with Gasteiger partial charge in [0.15, 0.2) is 0 Å². The van der Waals surface area contributed by atoms with Crippen molar-refractivity contribution in [2.45, 2.75) is 76.0 Å². The molecule has 2 fully saturated rings. The fourth-order valence-corrected chi connectivity index (χ4v) is 5.96. The molecule has 9 heteroatoms. The quantitative estimate of drug-likeness (QED) is 0.563. The maximum absolute atomic E-state index is 13.1. The molecule has 0 spiro atoms. The summed E-state index contributed by atoms with van der Waals surface area (Å²) in [4.78, 5) is 14.9. The van der Waals surface area contributed by atoms with E-state index in [4.69, 9.17) is 8.92 Å². The third-order valence-corrected chi connectivity index (χ3v) is 7.98. The molecule has 192 valence electrons. The van der Waals surface area contributed by atoms with E-state index in [1.807, 2.05) is 27.7 Å². The lowest BCUT2D eigenvalue weighted by Crippen LogP contribution is -2.45. The first-order valence-electron chi connectivity index (χ1n) is 12.3. The molecule has 0 radical (unpaired) electrons. The van der Waals surface area contributed by atoms with Crippen molar-refractivity contribution in [1.29, 1.82) is 5.26 Å². The predicted molar refractivity (Wildman–Crippen MR) is 135 cm³/mol. The summed E-state index contributed by atoms with van der Waals surface area (Å²) in [5, 5.41) is 12.7. The first kappa shape index (κ1) is 26.0. The number of nitrogens with one attached hydrogen (secondary N) is 1. The Bertz CT molecular complexity index is 1270. The molecule has 0 saturated carbocycles. The Balaban J connectivity index is 1.58. The summed E-state index contributed by atoms with van der Waals surface area (Å²) in [7, 11) is -4.01. The normalized spacial score (nSPS) is 22.0. The number of rotatable bonds is 7. The van der Waals surface area contributed by atoms with E-state index in [0.717, 1.165) is 29.5 Å². The minimum Gasteiger partial charge on any atom is -0.491 e. The van der Waals surface area contributed by atoms with Gasteiger partial charge in [0, 0.05) is 30.6 Å². The molecule has 0 bridgehead atoms. The van der Waals surface area contributed by atoms with Crippen molar-refractivity contribution >= 4 is 16.0 Å². The molecular formula is C27H33N3O5S. The number of ether oxygens (including phenoxy) is 1. The molecule has 2 saturated heterocycles. The smallest absolute Gasteiger partial charge is 0.339 e. The second kappa shape index (κ2) is 10.5. The number of likely N-dealkylation sites (tertiary alicyclic amines) is 1. The van der Waals surface area contributed by atoms with E-state index in [2.05, 4.69) is 11.4 Å². The molecular weight excluding hydrogens is 478 g/mol. The van der Waals surface area contributed by atoms with E-state index in [1.54, 1.807) is 29.2 Å². The molecule has 2 heterocycles. The fourth-order valence-electron chi connectivity index (χ4n) is 5.05. The summed E-state index contributed by atoms with van der Waals surface area (Å²) in [5.41, 5.74) is 2.72. The zero-order chi connectivity index (χ0) is 26.0. The van der Waals surface area contributed by atoms with Gasteiger partial charge in [-0.25, -0.2) is 0 Å². The lowest BCUT2D eigenvalue weighted by molar-refractivity contribution is -0.133. The minimum atomic E-state index is -4.01. The zero-order valence-corrected chi connectivity index (χ0v) is 22.0. The Morgan fingerprint density at radius 1 is 1.19 bits per heavy atom. The maximum Gasteiger partial charge on any atom is 0.339 e. The molecule has 4 rings (SSSR count). The topological polar surface area (TPSA) is 109 Å². The van der Waals surface area contributed by atoms with Gasteiger partial charge in [-0.05, 0) is 70.7 Å². The maximum atomic E-state index is 13.1. The lowest BCUT2D eigenvalue weighted by Gasteiger charge is -2.24. The van der Waals surface area contributed by atoms with Gasteiger partial charge < -0.3 is 19.1 Å². The van der Waals surface area contributed by atoms with Gasteiger partial charge in [0.05, 0.1) is 18.2 Å². The molecule has 8 nitrogen and oxygen atoms in total. The van der Waals surface area contributed by atoms with Gasteiger partial charge >= 0.3 is 10.1 Å². The van der Waals surface area contributed by atoms with Crippen molar-refractivity contribution < 1.29 is 22.1 Å². The van der Waals surface area contributed by atoms with Gasteiger partial charge in [0.2, 0.25) is 5.91 Å². The Hall–Kier alpha value is -3.09. The average Bonchev–Trinajstić information content (AvgIpc) is 3.48. The van der Waals surface area contributed by atoms with Crippen molar-refractivity contribution in [3.8, 4) is 17.6 Å². The molecule has 2 aromatic rings. The Morgan fingerprint density at radius 3 is 2.58 bits per heavy atom. The molecule has 2 aliphatic rings. The van der Waals surface area contributed by atoms with Gasteiger partial charge in [-0.3, -0.25) is 4.79 Å². The first-order chi connectivity index (χ1) is 17.1. The number of hydrogen-bond donors (Lipinski definition) is 1. The second-order valence-corrected chi connectivity index (χ2v) is 11.4. The summed E-state index contributed by atoms with van der Waals surface area (Å²) < 4.78 is 37.3. The summed E-state index contributed by atoms with van der Waals surface area (Å²) in [5.74, 6) is 0.698. The summed E-state index contributed by atoms with van der Waals surface area (Å²) >= 11 is 0. The van der Waals surface area contributed by atoms with E-state index in [-0.39, 0.29) is 40.7 Å². The average molecular weight is 512 g/mol. The van der Waals surface area contributed by atoms with Crippen molar-refractivity contribution in [1.82, 2.24) is 10.2 Å². The van der Waals surface area contributed by atoms with Gasteiger partial charge in [0.1, 0.15) is 22.4 Å². The minimum absolute atomic E-state index is 0.00130. The van der Waals surface area contributed by atoms with Gasteiger partial charge in [-0.15, -0.1) is 0 Å². The zero-order valence-electron chi connectivity index (χ0n) is 21.2. The van der Waals surface area contributed by atoms with Crippen LogP contribution in [0.15, 0.2) is 41.3 Å². The molecule has 3 atom stereocenters. The van der Waals surface area contributed by atoms with E-state index in [9.17, 15) is 18.5 Å². The number of aryl methyl sites for hydroxylation is 2. The van der Waals surface area contributed by atoms with Crippen LogP contribution in [-0.2, 0) is 14.9 Å². The van der Waals surface area contributed by atoms with Crippen LogP contribution in [0, 0.1) is 25.2 Å². The van der Waals surface area contributed by atoms with Gasteiger partial charge in [-0.2, -0.15) is 13.7 Å². The number of nitriles is 1. The summed E-state index contributed by atoms with van der Waals surface area (Å²) in [6, 6.07) is 11.3. The Labute approximate surface area is 213 Å². The highest BCUT2D eigenvalue weighted by Gasteiger charge is 2.38. The van der Waals surface area contributed by atoms with E-state index >= 15 is 0 Å². The SMILES string of the molecule is Cc1ccc(S(=O)(=O)Oc2cc(C)c([C@@H]3CN[C@H](C(=O)N4CCC[C@H]4C#N)C3)c(OC(C)C)c2)cc1. The highest BCUT2D eigenvalue weighted by atomic mass is 32.2. The van der Waals surface area contributed by atoms with Crippen LogP contribution in [0.25, 0.3) is 0 Å². The van der Waals surface area contributed by atoms with Crippen LogP contribution < -0.4 is 14.2 Å². The fraction of sp³-hybridized carbons (Fsp3) is 0.481. The predicted octanol–water partition coefficient (Wildman–Crippen LogP) is 3.82. The first-order valence-corrected chi connectivity index (χ1v) is 13.8. The van der Waals surface area contributed by atoms with Crippen molar-refractivity contribution in [2.75, 3.05) is 13.1 Å². The number of amides is 1. The lowest BCUT2D eigenvalue weighted by atomic mass is 9.91. The van der Waals surface area contributed by atoms with Crippen LogP contribution in [0.1, 0.15) is 55.7 Å². The van der Waals surface area contributed by atoms with Gasteiger partial charge in [-0.1, -0.05) is 17.7 Å². The highest BCUT2D eigenvalue weighted by Crippen LogP contribution is 2.39.